The van der Waals surface area contributed by atoms with E-state index in [1.165, 1.54) is 12.1 Å². The minimum atomic E-state index is -0.498. The summed E-state index contributed by atoms with van der Waals surface area (Å²) in [6.45, 7) is 0.181. The van der Waals surface area contributed by atoms with Crippen LogP contribution in [0.1, 0.15) is 16.7 Å². The highest BCUT2D eigenvalue weighted by molar-refractivity contribution is 9.10. The van der Waals surface area contributed by atoms with Crippen LogP contribution in [0.5, 0.6) is 5.75 Å². The molecule has 0 aliphatic carbocycles. The minimum Gasteiger partial charge on any atom is -0.467 e. The maximum absolute atomic E-state index is 12.0. The van der Waals surface area contributed by atoms with Gasteiger partial charge in [0.2, 0.25) is 0 Å². The van der Waals surface area contributed by atoms with Crippen LogP contribution in [-0.4, -0.2) is 17.7 Å². The van der Waals surface area contributed by atoms with E-state index in [1.807, 2.05) is 24.3 Å². The molecule has 0 fully saturated rings. The molecule has 2 aromatic carbocycles. The Morgan fingerprint density at radius 1 is 1.28 bits per heavy atom. The number of ether oxygens (including phenoxy) is 3. The second-order valence-corrected chi connectivity index (χ2v) is 6.34. The molecule has 2 aromatic rings. The van der Waals surface area contributed by atoms with Crippen molar-refractivity contribution in [3.63, 3.8) is 0 Å². The first kappa shape index (κ1) is 17.4. The smallest absolute Gasteiger partial charge is 0.310 e. The molecule has 0 aromatic heterocycles. The van der Waals surface area contributed by atoms with Crippen LogP contribution in [0.25, 0.3) is 0 Å². The second-order valence-electron chi connectivity index (χ2n) is 5.42. The maximum Gasteiger partial charge on any atom is 0.310 e. The molecule has 130 valence electrons. The van der Waals surface area contributed by atoms with E-state index in [0.29, 0.717) is 16.9 Å². The largest absolute Gasteiger partial charge is 0.467 e. The van der Waals surface area contributed by atoms with Crippen molar-refractivity contribution in [1.82, 2.24) is 0 Å². The zero-order valence-electron chi connectivity index (χ0n) is 13.1. The zero-order chi connectivity index (χ0) is 17.8. The number of carbonyl (C=O) groups is 1. The van der Waals surface area contributed by atoms with E-state index in [1.54, 1.807) is 0 Å². The number of hydrogen-bond donors (Lipinski definition) is 0. The van der Waals surface area contributed by atoms with Gasteiger partial charge in [-0.1, -0.05) is 28.1 Å². The van der Waals surface area contributed by atoms with Gasteiger partial charge >= 0.3 is 5.97 Å². The van der Waals surface area contributed by atoms with E-state index >= 15 is 0 Å². The third kappa shape index (κ3) is 4.34. The van der Waals surface area contributed by atoms with Crippen molar-refractivity contribution in [3.05, 3.63) is 67.7 Å². The SMILES string of the molecule is O=C(Cc1ccc(Br)cc1)OCc1cc([N+](=O)[O-])cc2c1OCOC2. The number of nitrogens with zero attached hydrogens (tertiary/aromatic N) is 1. The van der Waals surface area contributed by atoms with Gasteiger partial charge in [0.1, 0.15) is 12.4 Å². The Bertz CT molecular complexity index is 806. The van der Waals surface area contributed by atoms with Crippen molar-refractivity contribution in [2.24, 2.45) is 0 Å². The van der Waals surface area contributed by atoms with Gasteiger partial charge in [-0.05, 0) is 17.7 Å². The summed E-state index contributed by atoms with van der Waals surface area (Å²) >= 11 is 3.33. The number of carbonyl (C=O) groups excluding carboxylic acids is 1. The van der Waals surface area contributed by atoms with Gasteiger partial charge in [-0.15, -0.1) is 0 Å². The van der Waals surface area contributed by atoms with Crippen LogP contribution in [0.4, 0.5) is 5.69 Å². The number of esters is 1. The van der Waals surface area contributed by atoms with Crippen molar-refractivity contribution in [1.29, 1.82) is 0 Å². The molecule has 0 radical (unpaired) electrons. The second kappa shape index (κ2) is 7.62. The zero-order valence-corrected chi connectivity index (χ0v) is 14.7. The van der Waals surface area contributed by atoms with Crippen LogP contribution in [0.3, 0.4) is 0 Å². The van der Waals surface area contributed by atoms with Crippen LogP contribution in [0.15, 0.2) is 40.9 Å². The van der Waals surface area contributed by atoms with Gasteiger partial charge in [-0.3, -0.25) is 14.9 Å². The summed E-state index contributed by atoms with van der Waals surface area (Å²) in [5.74, 6) is 0.0583. The number of fused-ring (bicyclic) bond motifs is 1. The molecule has 0 saturated heterocycles. The van der Waals surface area contributed by atoms with E-state index in [0.717, 1.165) is 10.0 Å². The maximum atomic E-state index is 12.0. The first-order valence-electron chi connectivity index (χ1n) is 7.44. The monoisotopic (exact) mass is 407 g/mol. The van der Waals surface area contributed by atoms with Gasteiger partial charge < -0.3 is 14.2 Å². The third-order valence-corrected chi connectivity index (χ3v) is 4.16. The average molecular weight is 408 g/mol. The topological polar surface area (TPSA) is 87.9 Å². The molecule has 0 atom stereocenters. The first-order valence-corrected chi connectivity index (χ1v) is 8.23. The fourth-order valence-corrected chi connectivity index (χ4v) is 2.74. The molecule has 0 bridgehead atoms. The number of nitro groups is 1. The van der Waals surface area contributed by atoms with E-state index in [9.17, 15) is 14.9 Å². The molecule has 1 aliphatic rings. The van der Waals surface area contributed by atoms with Gasteiger partial charge in [-0.25, -0.2) is 0 Å². The summed E-state index contributed by atoms with van der Waals surface area (Å²) < 4.78 is 16.7. The van der Waals surface area contributed by atoms with Crippen LogP contribution >= 0.6 is 15.9 Å². The van der Waals surface area contributed by atoms with Crippen molar-refractivity contribution in [2.75, 3.05) is 6.79 Å². The van der Waals surface area contributed by atoms with E-state index in [-0.39, 0.29) is 32.1 Å². The van der Waals surface area contributed by atoms with Crippen LogP contribution < -0.4 is 4.74 Å². The lowest BCUT2D eigenvalue weighted by molar-refractivity contribution is -0.385. The highest BCUT2D eigenvalue weighted by Crippen LogP contribution is 2.33. The molecule has 25 heavy (non-hydrogen) atoms. The Labute approximate surface area is 151 Å². The molecular weight excluding hydrogens is 394 g/mol. The number of benzene rings is 2. The lowest BCUT2D eigenvalue weighted by Crippen LogP contribution is -2.15. The number of hydrogen-bond acceptors (Lipinski definition) is 6. The number of halogens is 1. The predicted molar refractivity (Wildman–Crippen MR) is 91.0 cm³/mol. The standard InChI is InChI=1S/C17H14BrNO6/c18-14-3-1-11(2-4-14)5-16(20)24-9-13-7-15(19(21)22)6-12-8-23-10-25-17(12)13/h1-4,6-7H,5,8-10H2. The molecule has 0 spiro atoms. The highest BCUT2D eigenvalue weighted by atomic mass is 79.9. The number of non-ortho nitro benzene ring substituents is 1. The van der Waals surface area contributed by atoms with Gasteiger partial charge in [0.25, 0.3) is 5.69 Å². The number of nitro benzene ring substituents is 1. The summed E-state index contributed by atoms with van der Waals surface area (Å²) in [7, 11) is 0. The summed E-state index contributed by atoms with van der Waals surface area (Å²) in [5, 5.41) is 11.1. The Balaban J connectivity index is 1.71. The van der Waals surface area contributed by atoms with Crippen LogP contribution in [0.2, 0.25) is 0 Å². The van der Waals surface area contributed by atoms with Crippen LogP contribution in [0, 0.1) is 10.1 Å². The quantitative estimate of drug-likeness (QED) is 0.428. The van der Waals surface area contributed by atoms with E-state index < -0.39 is 10.9 Å². The lowest BCUT2D eigenvalue weighted by atomic mass is 10.1. The van der Waals surface area contributed by atoms with E-state index in [2.05, 4.69) is 15.9 Å². The Morgan fingerprint density at radius 2 is 2.04 bits per heavy atom. The summed E-state index contributed by atoms with van der Waals surface area (Å²) in [5.41, 5.74) is 1.75. The molecular formula is C17H14BrNO6. The molecule has 7 nitrogen and oxygen atoms in total. The molecule has 8 heteroatoms. The Hall–Kier alpha value is -2.45. The van der Waals surface area contributed by atoms with E-state index in [4.69, 9.17) is 14.2 Å². The van der Waals surface area contributed by atoms with Crippen LogP contribution in [-0.2, 0) is 33.9 Å². The summed E-state index contributed by atoms with van der Waals surface area (Å²) in [4.78, 5) is 22.6. The van der Waals surface area contributed by atoms with Crippen molar-refractivity contribution in [3.8, 4) is 5.75 Å². The normalized spacial score (nSPS) is 12.8. The van der Waals surface area contributed by atoms with Gasteiger partial charge in [0.05, 0.1) is 18.0 Å². The molecule has 0 unspecified atom stereocenters. The predicted octanol–water partition coefficient (Wildman–Crippen LogP) is 3.51. The fraction of sp³-hybridized carbons (Fsp3) is 0.235. The molecule has 0 saturated carbocycles. The van der Waals surface area contributed by atoms with Crippen molar-refractivity contribution >= 4 is 27.6 Å². The van der Waals surface area contributed by atoms with Gasteiger partial charge in [-0.2, -0.15) is 0 Å². The minimum absolute atomic E-state index is 0.0602. The molecule has 0 N–H and O–H groups in total. The molecule has 1 aliphatic heterocycles. The van der Waals surface area contributed by atoms with Crippen molar-refractivity contribution in [2.45, 2.75) is 19.6 Å². The summed E-state index contributed by atoms with van der Waals surface area (Å²) in [6.07, 6.45) is 0.119. The average Bonchev–Trinajstić information content (AvgIpc) is 2.61. The fourth-order valence-electron chi connectivity index (χ4n) is 2.47. The van der Waals surface area contributed by atoms with Crippen molar-refractivity contribution < 1.29 is 23.9 Å². The first-order chi connectivity index (χ1) is 12.0. The number of rotatable bonds is 5. The highest BCUT2D eigenvalue weighted by Gasteiger charge is 2.21. The molecule has 1 heterocycles. The summed E-state index contributed by atoms with van der Waals surface area (Å²) in [6, 6.07) is 10.1. The van der Waals surface area contributed by atoms with Gasteiger partial charge in [0, 0.05) is 27.7 Å². The Kier molecular flexibility index (Phi) is 5.30. The van der Waals surface area contributed by atoms with Gasteiger partial charge in [0.15, 0.2) is 6.79 Å². The Morgan fingerprint density at radius 3 is 2.76 bits per heavy atom. The third-order valence-electron chi connectivity index (χ3n) is 3.63. The molecule has 3 rings (SSSR count). The lowest BCUT2D eigenvalue weighted by Gasteiger charge is -2.20. The molecule has 0 amide bonds.